The lowest BCUT2D eigenvalue weighted by Crippen LogP contribution is -2.27. The molecule has 0 amide bonds. The van der Waals surface area contributed by atoms with Gasteiger partial charge in [-0.3, -0.25) is 0 Å². The molecule has 0 heterocycles. The summed E-state index contributed by atoms with van der Waals surface area (Å²) in [5, 5.41) is 15.3. The Hall–Kier alpha value is -0.940. The van der Waals surface area contributed by atoms with Crippen LogP contribution < -0.4 is 11.1 Å². The first-order valence-corrected chi connectivity index (χ1v) is 5.88. The molecule has 6 heteroatoms. The molecule has 0 bridgehead atoms. The first kappa shape index (κ1) is 13.1. The van der Waals surface area contributed by atoms with E-state index in [-0.39, 0.29) is 11.8 Å². The van der Waals surface area contributed by atoms with Crippen LogP contribution in [-0.4, -0.2) is 17.6 Å². The third kappa shape index (κ3) is 3.28. The molecule has 0 spiro atoms. The number of oxime groups is 1. The molecule has 1 aromatic rings. The molecule has 1 aromatic carbocycles. The van der Waals surface area contributed by atoms with Gasteiger partial charge in [-0.2, -0.15) is 0 Å². The molecule has 0 aromatic heterocycles. The molecule has 16 heavy (non-hydrogen) atoms. The number of rotatable bonds is 4. The lowest BCUT2D eigenvalue weighted by Gasteiger charge is -2.13. The fraction of sp³-hybridized carbons (Fsp3) is 0.300. The fourth-order valence-electron chi connectivity index (χ4n) is 1.11. The number of hydrogen-bond donors (Lipinski definition) is 3. The number of nitrogens with zero attached hydrogens (tertiary/aromatic N) is 1. The molecule has 4 N–H and O–H groups in total. The minimum atomic E-state index is -0.0594. The molecule has 88 valence electrons. The van der Waals surface area contributed by atoms with Gasteiger partial charge in [-0.1, -0.05) is 29.7 Å². The number of benzene rings is 1. The van der Waals surface area contributed by atoms with Gasteiger partial charge in [0.25, 0.3) is 0 Å². The zero-order valence-corrected chi connectivity index (χ0v) is 11.1. The number of hydrogen-bond acceptors (Lipinski definition) is 3. The van der Waals surface area contributed by atoms with Crippen LogP contribution in [0.1, 0.15) is 6.92 Å². The van der Waals surface area contributed by atoms with Crippen LogP contribution in [0.2, 0.25) is 5.02 Å². The molecule has 0 fully saturated rings. The zero-order valence-electron chi connectivity index (χ0n) is 8.74. The van der Waals surface area contributed by atoms with Crippen LogP contribution in [0.25, 0.3) is 0 Å². The van der Waals surface area contributed by atoms with Crippen LogP contribution in [0, 0.1) is 5.92 Å². The SMILES string of the molecule is CC(CNc1cccc(Cl)c1Br)/C(N)=N/O. The fourth-order valence-corrected chi connectivity index (χ4v) is 1.69. The molecule has 0 aliphatic rings. The molecule has 4 nitrogen and oxygen atoms in total. The van der Waals surface area contributed by atoms with Crippen LogP contribution in [-0.2, 0) is 0 Å². The van der Waals surface area contributed by atoms with Crippen molar-refractivity contribution in [2.45, 2.75) is 6.92 Å². The molecular formula is C10H13BrClN3O. The maximum atomic E-state index is 8.51. The van der Waals surface area contributed by atoms with E-state index in [0.717, 1.165) is 10.2 Å². The number of halogens is 2. The summed E-state index contributed by atoms with van der Waals surface area (Å²) in [7, 11) is 0. The van der Waals surface area contributed by atoms with Gasteiger partial charge in [0.15, 0.2) is 0 Å². The Labute approximate surface area is 108 Å². The maximum absolute atomic E-state index is 8.51. The van der Waals surface area contributed by atoms with E-state index in [1.54, 1.807) is 6.07 Å². The number of nitrogens with two attached hydrogens (primary N) is 1. The third-order valence-electron chi connectivity index (χ3n) is 2.17. The van der Waals surface area contributed by atoms with Crippen molar-refractivity contribution < 1.29 is 5.21 Å². The van der Waals surface area contributed by atoms with Crippen molar-refractivity contribution in [1.29, 1.82) is 0 Å². The average molecular weight is 307 g/mol. The molecule has 0 saturated carbocycles. The molecule has 0 radical (unpaired) electrons. The van der Waals surface area contributed by atoms with E-state index in [4.69, 9.17) is 22.5 Å². The Bertz CT molecular complexity index is 398. The lowest BCUT2D eigenvalue weighted by atomic mass is 10.1. The minimum absolute atomic E-state index is 0.0594. The van der Waals surface area contributed by atoms with Crippen LogP contribution in [0.3, 0.4) is 0 Å². The van der Waals surface area contributed by atoms with E-state index in [2.05, 4.69) is 26.4 Å². The largest absolute Gasteiger partial charge is 0.409 e. The molecule has 0 aliphatic heterocycles. The monoisotopic (exact) mass is 305 g/mol. The first-order valence-electron chi connectivity index (χ1n) is 4.71. The summed E-state index contributed by atoms with van der Waals surface area (Å²) >= 11 is 9.32. The molecule has 1 atom stereocenters. The zero-order chi connectivity index (χ0) is 12.1. The van der Waals surface area contributed by atoms with Gasteiger partial charge in [0.2, 0.25) is 0 Å². The van der Waals surface area contributed by atoms with Crippen molar-refractivity contribution in [3.05, 3.63) is 27.7 Å². The van der Waals surface area contributed by atoms with Crippen molar-refractivity contribution in [2.75, 3.05) is 11.9 Å². The van der Waals surface area contributed by atoms with Gasteiger partial charge in [0.1, 0.15) is 5.84 Å². The lowest BCUT2D eigenvalue weighted by molar-refractivity contribution is 0.315. The highest BCUT2D eigenvalue weighted by Crippen LogP contribution is 2.29. The molecular weight excluding hydrogens is 293 g/mol. The van der Waals surface area contributed by atoms with Crippen molar-refractivity contribution in [1.82, 2.24) is 0 Å². The second kappa shape index (κ2) is 5.96. The summed E-state index contributed by atoms with van der Waals surface area (Å²) in [6.07, 6.45) is 0. The van der Waals surface area contributed by atoms with Gasteiger partial charge in [-0.05, 0) is 28.1 Å². The normalized spacial score (nSPS) is 13.6. The quantitative estimate of drug-likeness (QED) is 0.347. The molecule has 1 unspecified atom stereocenters. The predicted octanol–water partition coefficient (Wildman–Crippen LogP) is 2.90. The van der Waals surface area contributed by atoms with E-state index >= 15 is 0 Å². The Balaban J connectivity index is 2.65. The number of anilines is 1. The Kier molecular flexibility index (Phi) is 4.89. The number of amidine groups is 1. The summed E-state index contributed by atoms with van der Waals surface area (Å²) in [6, 6.07) is 5.54. The molecule has 0 saturated heterocycles. The maximum Gasteiger partial charge on any atom is 0.143 e. The summed E-state index contributed by atoms with van der Waals surface area (Å²) in [4.78, 5) is 0. The van der Waals surface area contributed by atoms with Gasteiger partial charge in [0, 0.05) is 18.2 Å². The van der Waals surface area contributed by atoms with Crippen molar-refractivity contribution in [2.24, 2.45) is 16.8 Å². The van der Waals surface area contributed by atoms with Gasteiger partial charge >= 0.3 is 0 Å². The highest BCUT2D eigenvalue weighted by Gasteiger charge is 2.09. The van der Waals surface area contributed by atoms with E-state index in [0.29, 0.717) is 11.6 Å². The van der Waals surface area contributed by atoms with E-state index < -0.39 is 0 Å². The van der Waals surface area contributed by atoms with Gasteiger partial charge < -0.3 is 16.3 Å². The van der Waals surface area contributed by atoms with Crippen molar-refractivity contribution >= 4 is 39.1 Å². The smallest absolute Gasteiger partial charge is 0.143 e. The summed E-state index contributed by atoms with van der Waals surface area (Å²) < 4.78 is 0.809. The average Bonchev–Trinajstić information content (AvgIpc) is 2.29. The van der Waals surface area contributed by atoms with E-state index in [9.17, 15) is 0 Å². The van der Waals surface area contributed by atoms with Gasteiger partial charge in [-0.25, -0.2) is 0 Å². The van der Waals surface area contributed by atoms with Crippen LogP contribution >= 0.6 is 27.5 Å². The summed E-state index contributed by atoms with van der Waals surface area (Å²) in [6.45, 7) is 2.43. The summed E-state index contributed by atoms with van der Waals surface area (Å²) in [5.41, 5.74) is 6.35. The second-order valence-corrected chi connectivity index (χ2v) is 4.61. The topological polar surface area (TPSA) is 70.6 Å². The van der Waals surface area contributed by atoms with Gasteiger partial charge in [0.05, 0.1) is 9.50 Å². The van der Waals surface area contributed by atoms with Crippen LogP contribution in [0.15, 0.2) is 27.8 Å². The first-order chi connectivity index (χ1) is 7.56. The van der Waals surface area contributed by atoms with Crippen LogP contribution in [0.4, 0.5) is 5.69 Å². The van der Waals surface area contributed by atoms with E-state index in [1.165, 1.54) is 0 Å². The van der Waals surface area contributed by atoms with Crippen molar-refractivity contribution in [3.8, 4) is 0 Å². The minimum Gasteiger partial charge on any atom is -0.409 e. The highest BCUT2D eigenvalue weighted by molar-refractivity contribution is 9.10. The second-order valence-electron chi connectivity index (χ2n) is 3.41. The van der Waals surface area contributed by atoms with Crippen molar-refractivity contribution in [3.63, 3.8) is 0 Å². The van der Waals surface area contributed by atoms with Crippen LogP contribution in [0.5, 0.6) is 0 Å². The third-order valence-corrected chi connectivity index (χ3v) is 3.57. The summed E-state index contributed by atoms with van der Waals surface area (Å²) in [5.74, 6) is 0.140. The number of nitrogens with one attached hydrogen (secondary N) is 1. The predicted molar refractivity (Wildman–Crippen MR) is 70.2 cm³/mol. The van der Waals surface area contributed by atoms with E-state index in [1.807, 2.05) is 19.1 Å². The molecule has 0 aliphatic carbocycles. The Morgan fingerprint density at radius 3 is 3.00 bits per heavy atom. The Morgan fingerprint density at radius 2 is 2.38 bits per heavy atom. The molecule has 1 rings (SSSR count). The van der Waals surface area contributed by atoms with Gasteiger partial charge in [-0.15, -0.1) is 0 Å². The highest BCUT2D eigenvalue weighted by atomic mass is 79.9. The Morgan fingerprint density at radius 1 is 1.69 bits per heavy atom. The standard InChI is InChI=1S/C10H13BrClN3O/c1-6(10(13)15-16)5-14-8-4-2-3-7(12)9(8)11/h2-4,6,14,16H,5H2,1H3,(H2,13,15).